The van der Waals surface area contributed by atoms with Crippen LogP contribution in [-0.2, 0) is 0 Å². The number of nitrogens with one attached hydrogen (secondary N) is 1. The van der Waals surface area contributed by atoms with Crippen LogP contribution in [-0.4, -0.2) is 29.0 Å². The van der Waals surface area contributed by atoms with Gasteiger partial charge in [0.05, 0.1) is 0 Å². The van der Waals surface area contributed by atoms with Crippen LogP contribution in [0.1, 0.15) is 29.6 Å². The van der Waals surface area contributed by atoms with E-state index in [0.29, 0.717) is 17.2 Å². The van der Waals surface area contributed by atoms with Crippen LogP contribution >= 0.6 is 15.9 Å². The minimum absolute atomic E-state index is 0.178. The van der Waals surface area contributed by atoms with E-state index < -0.39 is 0 Å². The third-order valence-electron chi connectivity index (χ3n) is 4.72. The molecule has 148 valence electrons. The van der Waals surface area contributed by atoms with Crippen molar-refractivity contribution in [3.05, 3.63) is 71.0 Å². The average Bonchev–Trinajstić information content (AvgIpc) is 2.75. The molecular formula is C22H21BrN4O2. The molecule has 1 aliphatic rings. The Morgan fingerprint density at radius 3 is 2.52 bits per heavy atom. The Morgan fingerprint density at radius 1 is 1.00 bits per heavy atom. The van der Waals surface area contributed by atoms with Gasteiger partial charge in [-0.2, -0.15) is 0 Å². The van der Waals surface area contributed by atoms with Crippen molar-refractivity contribution in [3.63, 3.8) is 0 Å². The van der Waals surface area contributed by atoms with Gasteiger partial charge in [-0.25, -0.2) is 9.97 Å². The summed E-state index contributed by atoms with van der Waals surface area (Å²) in [7, 11) is 0. The number of hydrogen-bond acceptors (Lipinski definition) is 5. The van der Waals surface area contributed by atoms with E-state index in [1.54, 1.807) is 36.7 Å². The Balaban J connectivity index is 1.45. The fourth-order valence-electron chi connectivity index (χ4n) is 3.27. The average molecular weight is 453 g/mol. The Bertz CT molecular complexity index is 988. The predicted molar refractivity (Wildman–Crippen MR) is 117 cm³/mol. The van der Waals surface area contributed by atoms with Crippen molar-refractivity contribution >= 4 is 33.3 Å². The fourth-order valence-corrected chi connectivity index (χ4v) is 3.67. The first-order valence-electron chi connectivity index (χ1n) is 9.60. The van der Waals surface area contributed by atoms with E-state index in [0.717, 1.165) is 41.9 Å². The number of aromatic nitrogens is 2. The van der Waals surface area contributed by atoms with Gasteiger partial charge in [-0.1, -0.05) is 22.0 Å². The van der Waals surface area contributed by atoms with Crippen LogP contribution < -0.4 is 15.0 Å². The van der Waals surface area contributed by atoms with Crippen molar-refractivity contribution < 1.29 is 9.53 Å². The number of benzene rings is 2. The Morgan fingerprint density at radius 2 is 1.76 bits per heavy atom. The highest BCUT2D eigenvalue weighted by Gasteiger charge is 2.18. The number of ether oxygens (including phenoxy) is 1. The lowest BCUT2D eigenvalue weighted by atomic mass is 10.1. The first kappa shape index (κ1) is 19.4. The minimum atomic E-state index is -0.178. The topological polar surface area (TPSA) is 67.3 Å². The summed E-state index contributed by atoms with van der Waals surface area (Å²) < 4.78 is 6.89. The summed E-state index contributed by atoms with van der Waals surface area (Å²) >= 11 is 3.40. The first-order valence-corrected chi connectivity index (χ1v) is 10.4. The molecule has 0 bridgehead atoms. The molecule has 0 saturated carbocycles. The van der Waals surface area contributed by atoms with Crippen LogP contribution in [0.25, 0.3) is 0 Å². The van der Waals surface area contributed by atoms with Gasteiger partial charge < -0.3 is 15.0 Å². The van der Waals surface area contributed by atoms with Crippen LogP contribution in [0, 0.1) is 0 Å². The molecule has 1 N–H and O–H groups in total. The molecule has 1 aromatic heterocycles. The minimum Gasteiger partial charge on any atom is -0.436 e. The molecule has 1 fully saturated rings. The molecule has 7 heteroatoms. The molecule has 6 nitrogen and oxygen atoms in total. The van der Waals surface area contributed by atoms with Gasteiger partial charge >= 0.3 is 0 Å². The molecule has 0 radical (unpaired) electrons. The molecule has 1 saturated heterocycles. The zero-order valence-corrected chi connectivity index (χ0v) is 17.4. The lowest BCUT2D eigenvalue weighted by Gasteiger charge is -2.28. The third-order valence-corrected chi connectivity index (χ3v) is 5.21. The molecule has 0 unspecified atom stereocenters. The molecule has 2 heterocycles. The highest BCUT2D eigenvalue weighted by molar-refractivity contribution is 9.10. The molecule has 3 aromatic rings. The van der Waals surface area contributed by atoms with Gasteiger partial charge in [-0.3, -0.25) is 4.79 Å². The second-order valence-corrected chi connectivity index (χ2v) is 7.74. The van der Waals surface area contributed by atoms with Gasteiger partial charge in [-0.15, -0.1) is 0 Å². The summed E-state index contributed by atoms with van der Waals surface area (Å²) in [6.45, 7) is 1.92. The normalized spacial score (nSPS) is 13.8. The molecule has 1 aliphatic heterocycles. The van der Waals surface area contributed by atoms with Crippen LogP contribution in [0.2, 0.25) is 0 Å². The van der Waals surface area contributed by atoms with Crippen molar-refractivity contribution in [1.82, 2.24) is 9.97 Å². The number of rotatable bonds is 5. The molecule has 0 aliphatic carbocycles. The summed E-state index contributed by atoms with van der Waals surface area (Å²) in [6.07, 6.45) is 6.86. The third kappa shape index (κ3) is 4.92. The molecule has 29 heavy (non-hydrogen) atoms. The lowest BCUT2D eigenvalue weighted by molar-refractivity contribution is 0.102. The van der Waals surface area contributed by atoms with Crippen LogP contribution in [0.4, 0.5) is 11.5 Å². The van der Waals surface area contributed by atoms with Crippen molar-refractivity contribution in [2.24, 2.45) is 0 Å². The summed E-state index contributed by atoms with van der Waals surface area (Å²) in [6, 6.07) is 14.5. The van der Waals surface area contributed by atoms with Gasteiger partial charge in [0.1, 0.15) is 5.75 Å². The van der Waals surface area contributed by atoms with Gasteiger partial charge in [0.25, 0.3) is 11.8 Å². The molecule has 4 rings (SSSR count). The Kier molecular flexibility index (Phi) is 6.05. The molecular weight excluding hydrogens is 432 g/mol. The highest BCUT2D eigenvalue weighted by Crippen LogP contribution is 2.30. The number of hydrogen-bond donors (Lipinski definition) is 1. The van der Waals surface area contributed by atoms with Crippen LogP contribution in [0.3, 0.4) is 0 Å². The Hall–Kier alpha value is -2.93. The zero-order valence-electron chi connectivity index (χ0n) is 15.8. The van der Waals surface area contributed by atoms with E-state index in [4.69, 9.17) is 4.74 Å². The van der Waals surface area contributed by atoms with E-state index in [-0.39, 0.29) is 5.91 Å². The maximum Gasteiger partial charge on any atom is 0.263 e. The van der Waals surface area contributed by atoms with Gasteiger partial charge in [0, 0.05) is 41.2 Å². The molecule has 0 atom stereocenters. The number of amides is 1. The summed E-state index contributed by atoms with van der Waals surface area (Å²) in [5.74, 6) is 1.69. The van der Waals surface area contributed by atoms with Crippen molar-refractivity contribution in [2.45, 2.75) is 19.3 Å². The van der Waals surface area contributed by atoms with Crippen LogP contribution in [0.15, 0.2) is 65.4 Å². The van der Waals surface area contributed by atoms with E-state index in [1.807, 2.05) is 24.3 Å². The Labute approximate surface area is 178 Å². The number of halogens is 1. The van der Waals surface area contributed by atoms with Crippen molar-refractivity contribution in [3.8, 4) is 11.6 Å². The van der Waals surface area contributed by atoms with Gasteiger partial charge in [-0.05, 0) is 61.7 Å². The molecule has 0 spiro atoms. The molecule has 2 aromatic carbocycles. The maximum atomic E-state index is 12.5. The SMILES string of the molecule is O=C(Nc1cccc(Br)c1)c1ccc(Oc2nccnc2N2CCCCC2)cc1. The van der Waals surface area contributed by atoms with E-state index in [2.05, 4.69) is 36.1 Å². The second kappa shape index (κ2) is 9.05. The molecule has 1 amide bonds. The maximum absolute atomic E-state index is 12.5. The predicted octanol–water partition coefficient (Wildman–Crippen LogP) is 5.27. The highest BCUT2D eigenvalue weighted by atomic mass is 79.9. The largest absolute Gasteiger partial charge is 0.436 e. The summed E-state index contributed by atoms with van der Waals surface area (Å²) in [5, 5.41) is 2.88. The van der Waals surface area contributed by atoms with Gasteiger partial charge in [0.15, 0.2) is 5.82 Å². The quantitative estimate of drug-likeness (QED) is 0.570. The van der Waals surface area contributed by atoms with E-state index in [9.17, 15) is 4.79 Å². The fraction of sp³-hybridized carbons (Fsp3) is 0.227. The number of carbonyl (C=O) groups is 1. The number of anilines is 2. The van der Waals surface area contributed by atoms with Crippen LogP contribution in [0.5, 0.6) is 11.6 Å². The zero-order chi connectivity index (χ0) is 20.1. The number of piperidine rings is 1. The van der Waals surface area contributed by atoms with E-state index >= 15 is 0 Å². The van der Waals surface area contributed by atoms with Crippen molar-refractivity contribution in [2.75, 3.05) is 23.3 Å². The number of nitrogens with zero attached hydrogens (tertiary/aromatic N) is 3. The summed E-state index contributed by atoms with van der Waals surface area (Å²) in [4.78, 5) is 23.5. The van der Waals surface area contributed by atoms with E-state index in [1.165, 1.54) is 6.42 Å². The van der Waals surface area contributed by atoms with Gasteiger partial charge in [0.2, 0.25) is 0 Å². The standard InChI is InChI=1S/C22H21BrN4O2/c23-17-5-4-6-18(15-17)26-21(28)16-7-9-19(10-8-16)29-22-20(24-11-12-25-22)27-13-2-1-3-14-27/h4-12,15H,1-3,13-14H2,(H,26,28). The first-order chi connectivity index (χ1) is 14.2. The summed E-state index contributed by atoms with van der Waals surface area (Å²) in [5.41, 5.74) is 1.28. The number of carbonyl (C=O) groups excluding carboxylic acids is 1. The lowest BCUT2D eigenvalue weighted by Crippen LogP contribution is -2.30. The smallest absolute Gasteiger partial charge is 0.263 e. The monoisotopic (exact) mass is 452 g/mol. The second-order valence-electron chi connectivity index (χ2n) is 6.82. The van der Waals surface area contributed by atoms with Crippen molar-refractivity contribution in [1.29, 1.82) is 0 Å².